The number of imidazole rings is 1. The van der Waals surface area contributed by atoms with E-state index < -0.39 is 0 Å². The van der Waals surface area contributed by atoms with Gasteiger partial charge in [-0.1, -0.05) is 6.07 Å². The van der Waals surface area contributed by atoms with Crippen LogP contribution < -0.4 is 9.47 Å². The third-order valence-corrected chi connectivity index (χ3v) is 4.98. The van der Waals surface area contributed by atoms with Crippen LogP contribution in [0, 0.1) is 5.92 Å². The molecule has 2 aliphatic rings. The maximum absolute atomic E-state index is 13.0. The Hall–Kier alpha value is -2.54. The van der Waals surface area contributed by atoms with Crippen LogP contribution >= 0.6 is 0 Å². The molecule has 26 heavy (non-hydrogen) atoms. The minimum Gasteiger partial charge on any atom is -0.454 e. The van der Waals surface area contributed by atoms with E-state index in [4.69, 9.17) is 14.2 Å². The number of aromatic nitrogens is 2. The summed E-state index contributed by atoms with van der Waals surface area (Å²) in [7, 11) is 1.83. The maximum Gasteiger partial charge on any atom is 0.231 e. The van der Waals surface area contributed by atoms with Gasteiger partial charge in [0.25, 0.3) is 0 Å². The molecule has 7 nitrogen and oxygen atoms in total. The molecule has 0 radical (unpaired) electrons. The number of carbonyl (C=O) groups excluding carboxylic acids is 1. The van der Waals surface area contributed by atoms with Crippen molar-refractivity contribution in [1.82, 2.24) is 14.5 Å². The van der Waals surface area contributed by atoms with Gasteiger partial charge in [0.2, 0.25) is 12.7 Å². The molecule has 2 atom stereocenters. The predicted octanol–water partition coefficient (Wildman–Crippen LogP) is 2.37. The SMILES string of the molecule is CCn1ccnc1[C@@H]1OCC[C@H]1C(=O)N(C)Cc1ccc2c(c1)OCO2. The topological polar surface area (TPSA) is 65.8 Å². The minimum atomic E-state index is -0.281. The Labute approximate surface area is 152 Å². The molecule has 1 saturated heterocycles. The first kappa shape index (κ1) is 16.9. The molecular formula is C19H23N3O4. The van der Waals surface area contributed by atoms with E-state index in [1.807, 2.05) is 36.0 Å². The maximum atomic E-state index is 13.0. The Balaban J connectivity index is 1.47. The van der Waals surface area contributed by atoms with Crippen molar-refractivity contribution < 1.29 is 19.0 Å². The fraction of sp³-hybridized carbons (Fsp3) is 0.474. The Morgan fingerprint density at radius 2 is 2.19 bits per heavy atom. The molecular weight excluding hydrogens is 334 g/mol. The first-order valence-corrected chi connectivity index (χ1v) is 8.93. The largest absolute Gasteiger partial charge is 0.454 e. The van der Waals surface area contributed by atoms with Crippen LogP contribution in [0.25, 0.3) is 0 Å². The lowest BCUT2D eigenvalue weighted by atomic mass is 9.98. The summed E-state index contributed by atoms with van der Waals surface area (Å²) >= 11 is 0. The van der Waals surface area contributed by atoms with Gasteiger partial charge in [0, 0.05) is 39.1 Å². The third kappa shape index (κ3) is 3.03. The summed E-state index contributed by atoms with van der Waals surface area (Å²) < 4.78 is 18.7. The van der Waals surface area contributed by atoms with Crippen LogP contribution in [-0.4, -0.2) is 40.8 Å². The smallest absolute Gasteiger partial charge is 0.231 e. The first-order valence-electron chi connectivity index (χ1n) is 8.93. The molecule has 7 heteroatoms. The van der Waals surface area contributed by atoms with Crippen LogP contribution in [0.3, 0.4) is 0 Å². The second-order valence-corrected chi connectivity index (χ2v) is 6.64. The van der Waals surface area contributed by atoms with Crippen molar-refractivity contribution >= 4 is 5.91 Å². The number of carbonyl (C=O) groups is 1. The predicted molar refractivity (Wildman–Crippen MR) is 93.7 cm³/mol. The molecule has 0 saturated carbocycles. The van der Waals surface area contributed by atoms with Gasteiger partial charge in [-0.3, -0.25) is 4.79 Å². The molecule has 0 spiro atoms. The second-order valence-electron chi connectivity index (χ2n) is 6.64. The highest BCUT2D eigenvalue weighted by molar-refractivity contribution is 5.79. The molecule has 0 unspecified atom stereocenters. The zero-order valence-corrected chi connectivity index (χ0v) is 15.1. The van der Waals surface area contributed by atoms with Crippen molar-refractivity contribution in [2.75, 3.05) is 20.4 Å². The van der Waals surface area contributed by atoms with E-state index in [9.17, 15) is 4.79 Å². The quantitative estimate of drug-likeness (QED) is 0.822. The lowest BCUT2D eigenvalue weighted by Gasteiger charge is -2.24. The zero-order chi connectivity index (χ0) is 18.1. The van der Waals surface area contributed by atoms with Crippen molar-refractivity contribution in [2.24, 2.45) is 5.92 Å². The van der Waals surface area contributed by atoms with Gasteiger partial charge in [-0.05, 0) is 31.0 Å². The summed E-state index contributed by atoms with van der Waals surface area (Å²) in [5, 5.41) is 0. The van der Waals surface area contributed by atoms with Crippen molar-refractivity contribution in [1.29, 1.82) is 0 Å². The highest BCUT2D eigenvalue weighted by atomic mass is 16.7. The van der Waals surface area contributed by atoms with E-state index >= 15 is 0 Å². The van der Waals surface area contributed by atoms with Gasteiger partial charge >= 0.3 is 0 Å². The van der Waals surface area contributed by atoms with Crippen LogP contribution in [0.4, 0.5) is 0 Å². The molecule has 138 valence electrons. The Kier molecular flexibility index (Phi) is 4.55. The van der Waals surface area contributed by atoms with E-state index in [2.05, 4.69) is 11.9 Å². The van der Waals surface area contributed by atoms with Gasteiger partial charge < -0.3 is 23.7 Å². The number of rotatable bonds is 5. The van der Waals surface area contributed by atoms with Crippen LogP contribution in [0.15, 0.2) is 30.6 Å². The average Bonchev–Trinajstić information content (AvgIpc) is 3.38. The van der Waals surface area contributed by atoms with Crippen molar-refractivity contribution in [2.45, 2.75) is 32.5 Å². The van der Waals surface area contributed by atoms with Gasteiger partial charge in [0.1, 0.15) is 11.9 Å². The second kappa shape index (κ2) is 6.99. The van der Waals surface area contributed by atoms with E-state index in [-0.39, 0.29) is 24.7 Å². The van der Waals surface area contributed by atoms with Crippen molar-refractivity contribution in [3.05, 3.63) is 42.0 Å². The van der Waals surface area contributed by atoms with E-state index in [0.29, 0.717) is 19.6 Å². The molecule has 0 bridgehead atoms. The molecule has 3 heterocycles. The van der Waals surface area contributed by atoms with E-state index in [0.717, 1.165) is 29.4 Å². The Morgan fingerprint density at radius 3 is 3.04 bits per heavy atom. The average molecular weight is 357 g/mol. The van der Waals surface area contributed by atoms with Crippen molar-refractivity contribution in [3.8, 4) is 11.5 Å². The van der Waals surface area contributed by atoms with Gasteiger partial charge in [-0.2, -0.15) is 0 Å². The summed E-state index contributed by atoms with van der Waals surface area (Å²) in [6, 6.07) is 5.78. The van der Waals surface area contributed by atoms with Crippen LogP contribution in [-0.2, 0) is 22.6 Å². The number of hydrogen-bond donors (Lipinski definition) is 0. The highest BCUT2D eigenvalue weighted by Gasteiger charge is 2.39. The molecule has 0 N–H and O–H groups in total. The normalized spacial score (nSPS) is 21.2. The summed E-state index contributed by atoms with van der Waals surface area (Å²) in [6.07, 6.45) is 4.12. The Morgan fingerprint density at radius 1 is 1.35 bits per heavy atom. The molecule has 1 aromatic heterocycles. The van der Waals surface area contributed by atoms with Crippen molar-refractivity contribution in [3.63, 3.8) is 0 Å². The summed E-state index contributed by atoms with van der Waals surface area (Å²) in [4.78, 5) is 19.2. The first-order chi connectivity index (χ1) is 12.7. The Bertz CT molecular complexity index is 804. The van der Waals surface area contributed by atoms with E-state index in [1.165, 1.54) is 0 Å². The monoisotopic (exact) mass is 357 g/mol. The standard InChI is InChI=1S/C19H23N3O4/c1-3-22-8-7-20-18(22)17-14(6-9-24-17)19(23)21(2)11-13-4-5-15-16(10-13)26-12-25-15/h4-5,7-8,10,14,17H,3,6,9,11-12H2,1-2H3/t14-,17-/m1/s1. The molecule has 0 aliphatic carbocycles. The third-order valence-electron chi connectivity index (χ3n) is 4.98. The van der Waals surface area contributed by atoms with Gasteiger partial charge in [0.15, 0.2) is 11.5 Å². The lowest BCUT2D eigenvalue weighted by molar-refractivity contribution is -0.136. The molecule has 1 aromatic carbocycles. The number of fused-ring (bicyclic) bond motifs is 1. The fourth-order valence-electron chi connectivity index (χ4n) is 3.62. The number of benzene rings is 1. The molecule has 4 rings (SSSR count). The lowest BCUT2D eigenvalue weighted by Crippen LogP contribution is -2.34. The molecule has 1 fully saturated rings. The minimum absolute atomic E-state index is 0.0795. The summed E-state index contributed by atoms with van der Waals surface area (Å²) in [5.41, 5.74) is 1.01. The molecule has 1 amide bonds. The number of aryl methyl sites for hydroxylation is 1. The zero-order valence-electron chi connectivity index (χ0n) is 15.1. The van der Waals surface area contributed by atoms with Crippen LogP contribution in [0.5, 0.6) is 11.5 Å². The number of amides is 1. The fourth-order valence-corrected chi connectivity index (χ4v) is 3.62. The molecule has 2 aliphatic heterocycles. The van der Waals surface area contributed by atoms with Crippen LogP contribution in [0.1, 0.15) is 30.8 Å². The van der Waals surface area contributed by atoms with Gasteiger partial charge in [-0.15, -0.1) is 0 Å². The van der Waals surface area contributed by atoms with Gasteiger partial charge in [-0.25, -0.2) is 4.98 Å². The van der Waals surface area contributed by atoms with Gasteiger partial charge in [0.05, 0.1) is 5.92 Å². The number of hydrogen-bond acceptors (Lipinski definition) is 5. The number of nitrogens with zero attached hydrogens (tertiary/aromatic N) is 3. The highest BCUT2D eigenvalue weighted by Crippen LogP contribution is 2.36. The van der Waals surface area contributed by atoms with E-state index in [1.54, 1.807) is 11.1 Å². The number of ether oxygens (including phenoxy) is 3. The molecule has 2 aromatic rings. The van der Waals surface area contributed by atoms with Crippen LogP contribution in [0.2, 0.25) is 0 Å². The summed E-state index contributed by atoms with van der Waals surface area (Å²) in [5.74, 6) is 2.19. The summed E-state index contributed by atoms with van der Waals surface area (Å²) in [6.45, 7) is 4.21.